The largest absolute Gasteiger partial charge is 0.390 e. The van der Waals surface area contributed by atoms with E-state index >= 15 is 0 Å². The Kier molecular flexibility index (Phi) is 3.92. The Bertz CT molecular complexity index is 904. The molecule has 0 radical (unpaired) electrons. The van der Waals surface area contributed by atoms with Gasteiger partial charge in [0.2, 0.25) is 0 Å². The predicted octanol–water partition coefficient (Wildman–Crippen LogP) is 1.51. The highest BCUT2D eigenvalue weighted by molar-refractivity contribution is 5.87. The van der Waals surface area contributed by atoms with Gasteiger partial charge in [0.15, 0.2) is 0 Å². The van der Waals surface area contributed by atoms with Crippen molar-refractivity contribution in [2.45, 2.75) is 38.8 Å². The second-order valence-corrected chi connectivity index (χ2v) is 6.11. The lowest BCUT2D eigenvalue weighted by Crippen LogP contribution is -2.43. The van der Waals surface area contributed by atoms with Crippen molar-refractivity contribution in [2.24, 2.45) is 5.92 Å². The van der Waals surface area contributed by atoms with Crippen LogP contribution in [0.25, 0.3) is 10.9 Å². The molecule has 2 aromatic rings. The molecule has 0 spiro atoms. The predicted molar refractivity (Wildman–Crippen MR) is 85.8 cm³/mol. The van der Waals surface area contributed by atoms with E-state index in [-0.39, 0.29) is 28.8 Å². The zero-order valence-electron chi connectivity index (χ0n) is 13.3. The molecule has 1 saturated carbocycles. The highest BCUT2D eigenvalue weighted by Crippen LogP contribution is 2.31. The van der Waals surface area contributed by atoms with Crippen LogP contribution < -0.4 is 5.56 Å². The van der Waals surface area contributed by atoms with Gasteiger partial charge in [-0.3, -0.25) is 24.3 Å². The summed E-state index contributed by atoms with van der Waals surface area (Å²) in [6.45, 7) is 3.24. The number of nitro benzene ring substituents is 1. The van der Waals surface area contributed by atoms with Crippen molar-refractivity contribution in [3.05, 3.63) is 44.5 Å². The fourth-order valence-corrected chi connectivity index (χ4v) is 3.37. The number of aliphatic hydroxyl groups excluding tert-OH is 1. The summed E-state index contributed by atoms with van der Waals surface area (Å²) >= 11 is 0. The van der Waals surface area contributed by atoms with Gasteiger partial charge in [0.1, 0.15) is 17.0 Å². The van der Waals surface area contributed by atoms with E-state index in [4.69, 9.17) is 0 Å². The first kappa shape index (κ1) is 16.3. The molecule has 3 unspecified atom stereocenters. The molecule has 8 nitrogen and oxygen atoms in total. The average molecular weight is 331 g/mol. The molecule has 0 aliphatic heterocycles. The Hall–Kier alpha value is -2.61. The number of Topliss-reactive ketones (excluding diaryl/α,β-unsaturated/α-hetero) is 1. The first-order valence-electron chi connectivity index (χ1n) is 7.70. The lowest BCUT2D eigenvalue weighted by atomic mass is 9.83. The number of aliphatic hydroxyl groups is 1. The second-order valence-electron chi connectivity index (χ2n) is 6.11. The standard InChI is InChI=1S/C16H17N3O5/c1-8-13(20)7-6-12(15(8)21)18-9(2)17-10-4-3-5-11(19(23)24)14(10)16(18)22/h3-5,8,12,15,21H,6-7H2,1-2H3. The Balaban J connectivity index is 2.26. The van der Waals surface area contributed by atoms with Crippen LogP contribution in [0.15, 0.2) is 23.0 Å². The Morgan fingerprint density at radius 1 is 1.38 bits per heavy atom. The number of ketones is 1. The minimum Gasteiger partial charge on any atom is -0.390 e. The highest BCUT2D eigenvalue weighted by Gasteiger charge is 2.37. The van der Waals surface area contributed by atoms with Crippen LogP contribution in [0.4, 0.5) is 5.69 Å². The zero-order chi connectivity index (χ0) is 17.6. The second kappa shape index (κ2) is 5.79. The van der Waals surface area contributed by atoms with Gasteiger partial charge in [0.05, 0.1) is 22.6 Å². The number of aromatic nitrogens is 2. The zero-order valence-corrected chi connectivity index (χ0v) is 13.3. The minimum atomic E-state index is -1.02. The molecule has 3 atom stereocenters. The summed E-state index contributed by atoms with van der Waals surface area (Å²) in [4.78, 5) is 39.6. The number of carbonyl (C=O) groups excluding carboxylic acids is 1. The van der Waals surface area contributed by atoms with Crippen molar-refractivity contribution < 1.29 is 14.8 Å². The number of benzene rings is 1. The van der Waals surface area contributed by atoms with Gasteiger partial charge in [0.25, 0.3) is 11.2 Å². The number of aryl methyl sites for hydroxylation is 1. The van der Waals surface area contributed by atoms with E-state index in [9.17, 15) is 24.8 Å². The molecule has 1 N–H and O–H groups in total. The molecule has 126 valence electrons. The van der Waals surface area contributed by atoms with Gasteiger partial charge in [-0.15, -0.1) is 0 Å². The van der Waals surface area contributed by atoms with Crippen molar-refractivity contribution >= 4 is 22.4 Å². The van der Waals surface area contributed by atoms with E-state index in [1.54, 1.807) is 19.9 Å². The third-order valence-electron chi connectivity index (χ3n) is 4.71. The number of nitro groups is 1. The summed E-state index contributed by atoms with van der Waals surface area (Å²) in [7, 11) is 0. The summed E-state index contributed by atoms with van der Waals surface area (Å²) in [5.74, 6) is -0.278. The number of fused-ring (bicyclic) bond motifs is 1. The number of hydrogen-bond donors (Lipinski definition) is 1. The number of non-ortho nitro benzene ring substituents is 1. The van der Waals surface area contributed by atoms with Crippen LogP contribution >= 0.6 is 0 Å². The molecule has 1 aliphatic carbocycles. The number of nitrogens with zero attached hydrogens (tertiary/aromatic N) is 3. The maximum absolute atomic E-state index is 12.9. The van der Waals surface area contributed by atoms with Crippen molar-refractivity contribution in [3.8, 4) is 0 Å². The van der Waals surface area contributed by atoms with Crippen LogP contribution in [-0.4, -0.2) is 31.5 Å². The summed E-state index contributed by atoms with van der Waals surface area (Å²) in [6, 6.07) is 3.66. The maximum atomic E-state index is 12.9. The van der Waals surface area contributed by atoms with Crippen LogP contribution in [0, 0.1) is 23.0 Å². The molecule has 24 heavy (non-hydrogen) atoms. The van der Waals surface area contributed by atoms with Crippen molar-refractivity contribution in [3.63, 3.8) is 0 Å². The molecule has 1 aromatic heterocycles. The quantitative estimate of drug-likeness (QED) is 0.659. The van der Waals surface area contributed by atoms with Gasteiger partial charge in [0, 0.05) is 18.4 Å². The molecular formula is C16H17N3O5. The van der Waals surface area contributed by atoms with Gasteiger partial charge >= 0.3 is 0 Å². The van der Waals surface area contributed by atoms with E-state index < -0.39 is 28.5 Å². The van der Waals surface area contributed by atoms with E-state index in [0.29, 0.717) is 12.2 Å². The first-order valence-corrected chi connectivity index (χ1v) is 7.70. The Morgan fingerprint density at radius 2 is 2.08 bits per heavy atom. The molecule has 1 aliphatic rings. The normalized spacial score (nSPS) is 24.3. The molecule has 1 fully saturated rings. The molecule has 8 heteroatoms. The summed E-state index contributed by atoms with van der Waals surface area (Å²) in [6.07, 6.45) is -0.465. The first-order chi connectivity index (χ1) is 11.3. The fourth-order valence-electron chi connectivity index (χ4n) is 3.37. The Labute approximate surface area is 136 Å². The van der Waals surface area contributed by atoms with Crippen molar-refractivity contribution in [1.82, 2.24) is 9.55 Å². The number of rotatable bonds is 2. The van der Waals surface area contributed by atoms with Crippen LogP contribution in [-0.2, 0) is 4.79 Å². The number of hydrogen-bond acceptors (Lipinski definition) is 6. The molecule has 1 heterocycles. The highest BCUT2D eigenvalue weighted by atomic mass is 16.6. The SMILES string of the molecule is Cc1nc2cccc([N+](=O)[O-])c2c(=O)n1C1CCC(=O)C(C)C1O. The maximum Gasteiger partial charge on any atom is 0.284 e. The van der Waals surface area contributed by atoms with Crippen LogP contribution in [0.5, 0.6) is 0 Å². The average Bonchev–Trinajstić information content (AvgIpc) is 2.54. The third-order valence-corrected chi connectivity index (χ3v) is 4.71. The van der Waals surface area contributed by atoms with Crippen LogP contribution in [0.3, 0.4) is 0 Å². The summed E-state index contributed by atoms with van der Waals surface area (Å²) in [5, 5.41) is 21.6. The van der Waals surface area contributed by atoms with Crippen LogP contribution in [0.2, 0.25) is 0 Å². The lowest BCUT2D eigenvalue weighted by Gasteiger charge is -2.33. The van der Waals surface area contributed by atoms with Gasteiger partial charge in [-0.1, -0.05) is 13.0 Å². The topological polar surface area (TPSA) is 115 Å². The van der Waals surface area contributed by atoms with E-state index in [2.05, 4.69) is 4.98 Å². The molecule has 0 bridgehead atoms. The van der Waals surface area contributed by atoms with E-state index in [1.165, 1.54) is 16.7 Å². The van der Waals surface area contributed by atoms with Crippen molar-refractivity contribution in [2.75, 3.05) is 0 Å². The molecule has 1 aromatic carbocycles. The smallest absolute Gasteiger partial charge is 0.284 e. The lowest BCUT2D eigenvalue weighted by molar-refractivity contribution is -0.383. The van der Waals surface area contributed by atoms with Gasteiger partial charge in [-0.05, 0) is 19.4 Å². The Morgan fingerprint density at radius 3 is 2.75 bits per heavy atom. The van der Waals surface area contributed by atoms with Gasteiger partial charge in [-0.25, -0.2) is 4.98 Å². The number of carbonyl (C=O) groups is 1. The molecular weight excluding hydrogens is 314 g/mol. The van der Waals surface area contributed by atoms with Gasteiger partial charge in [-0.2, -0.15) is 0 Å². The van der Waals surface area contributed by atoms with Gasteiger partial charge < -0.3 is 5.11 Å². The summed E-state index contributed by atoms with van der Waals surface area (Å²) < 4.78 is 1.29. The molecule has 0 saturated heterocycles. The third kappa shape index (κ3) is 2.39. The summed E-state index contributed by atoms with van der Waals surface area (Å²) in [5.41, 5.74) is -0.624. The van der Waals surface area contributed by atoms with E-state index in [1.807, 2.05) is 0 Å². The monoisotopic (exact) mass is 331 g/mol. The molecule has 0 amide bonds. The van der Waals surface area contributed by atoms with Crippen LogP contribution in [0.1, 0.15) is 31.6 Å². The minimum absolute atomic E-state index is 0.0517. The fraction of sp³-hybridized carbons (Fsp3) is 0.438. The van der Waals surface area contributed by atoms with E-state index in [0.717, 1.165) is 0 Å². The van der Waals surface area contributed by atoms with Crippen molar-refractivity contribution in [1.29, 1.82) is 0 Å². The molecule has 3 rings (SSSR count).